The summed E-state index contributed by atoms with van der Waals surface area (Å²) >= 11 is 1.79. The van der Waals surface area contributed by atoms with Gasteiger partial charge in [-0.3, -0.25) is 0 Å². The molecule has 2 unspecified atom stereocenters. The minimum atomic E-state index is 0.591. The van der Waals surface area contributed by atoms with Gasteiger partial charge < -0.3 is 19.9 Å². The van der Waals surface area contributed by atoms with Crippen LogP contribution < -0.4 is 10.2 Å². The first kappa shape index (κ1) is 15.7. The van der Waals surface area contributed by atoms with Crippen molar-refractivity contribution in [2.45, 2.75) is 26.1 Å². The molecule has 1 aromatic heterocycles. The molecule has 1 aliphatic rings. The van der Waals surface area contributed by atoms with E-state index in [0.29, 0.717) is 18.6 Å². The van der Waals surface area contributed by atoms with Gasteiger partial charge in [-0.15, -0.1) is 11.3 Å². The summed E-state index contributed by atoms with van der Waals surface area (Å²) in [5.41, 5.74) is 1.07. The fraction of sp³-hybridized carbons (Fsp3) is 0.786. The number of ether oxygens (including phenoxy) is 1. The largest absolute Gasteiger partial charge is 0.378 e. The Morgan fingerprint density at radius 2 is 2.20 bits per heavy atom. The van der Waals surface area contributed by atoms with Gasteiger partial charge in [-0.2, -0.15) is 0 Å². The highest BCUT2D eigenvalue weighted by Crippen LogP contribution is 2.31. The number of nitrogens with zero attached hydrogens (tertiary/aromatic N) is 3. The Kier molecular flexibility index (Phi) is 5.37. The maximum Gasteiger partial charge on any atom is 0.185 e. The number of thiazole rings is 1. The number of anilines is 1. The molecule has 1 saturated heterocycles. The molecule has 0 spiro atoms. The zero-order valence-corrected chi connectivity index (χ0v) is 14.0. The molecule has 20 heavy (non-hydrogen) atoms. The van der Waals surface area contributed by atoms with Gasteiger partial charge in [0.1, 0.15) is 0 Å². The summed E-state index contributed by atoms with van der Waals surface area (Å²) in [6.07, 6.45) is 0. The number of methoxy groups -OCH3 is 1. The summed E-state index contributed by atoms with van der Waals surface area (Å²) in [7, 11) is 8.02. The Morgan fingerprint density at radius 1 is 1.45 bits per heavy atom. The Labute approximate surface area is 125 Å². The average Bonchev–Trinajstić information content (AvgIpc) is 2.95. The first-order valence-electron chi connectivity index (χ1n) is 7.10. The highest BCUT2D eigenvalue weighted by molar-refractivity contribution is 7.15. The van der Waals surface area contributed by atoms with Crippen LogP contribution in [-0.2, 0) is 17.9 Å². The zero-order valence-electron chi connectivity index (χ0n) is 13.1. The summed E-state index contributed by atoms with van der Waals surface area (Å²) in [4.78, 5) is 10.8. The fourth-order valence-corrected chi connectivity index (χ4v) is 3.92. The van der Waals surface area contributed by atoms with E-state index in [1.54, 1.807) is 18.4 Å². The molecule has 0 saturated carbocycles. The molecule has 0 amide bonds. The Bertz CT molecular complexity index is 411. The van der Waals surface area contributed by atoms with Gasteiger partial charge in [0.15, 0.2) is 5.13 Å². The van der Waals surface area contributed by atoms with E-state index < -0.39 is 0 Å². The van der Waals surface area contributed by atoms with E-state index in [-0.39, 0.29) is 0 Å². The number of likely N-dealkylation sites (N-methyl/N-ethyl adjacent to an activating group) is 1. The maximum atomic E-state index is 5.26. The van der Waals surface area contributed by atoms with E-state index in [1.807, 2.05) is 7.05 Å². The Balaban J connectivity index is 2.15. The molecule has 2 atom stereocenters. The van der Waals surface area contributed by atoms with Crippen molar-refractivity contribution < 1.29 is 4.74 Å². The summed E-state index contributed by atoms with van der Waals surface area (Å²) in [5.74, 6) is 0.674. The average molecular weight is 298 g/mol. The topological polar surface area (TPSA) is 40.6 Å². The van der Waals surface area contributed by atoms with Crippen LogP contribution in [0.1, 0.15) is 17.5 Å². The molecule has 2 heterocycles. The van der Waals surface area contributed by atoms with Crippen LogP contribution in [0.15, 0.2) is 0 Å². The van der Waals surface area contributed by atoms with Crippen molar-refractivity contribution in [1.82, 2.24) is 15.2 Å². The van der Waals surface area contributed by atoms with Crippen molar-refractivity contribution in [3.63, 3.8) is 0 Å². The van der Waals surface area contributed by atoms with Gasteiger partial charge in [0.05, 0.1) is 12.3 Å². The second kappa shape index (κ2) is 6.85. The van der Waals surface area contributed by atoms with Crippen molar-refractivity contribution in [2.75, 3.05) is 46.2 Å². The van der Waals surface area contributed by atoms with E-state index in [9.17, 15) is 0 Å². The van der Waals surface area contributed by atoms with Gasteiger partial charge in [0, 0.05) is 37.7 Å². The minimum absolute atomic E-state index is 0.591. The molecule has 0 aromatic carbocycles. The first-order valence-corrected chi connectivity index (χ1v) is 7.92. The standard InChI is InChI=1S/C14H26N4OS/c1-10-7-18(8-12(10)17(3)4)14-16-11(9-19-5)13(20-14)6-15-2/h10,12,15H,6-9H2,1-5H3. The van der Waals surface area contributed by atoms with Gasteiger partial charge in [0.25, 0.3) is 0 Å². The number of hydrogen-bond donors (Lipinski definition) is 1. The van der Waals surface area contributed by atoms with E-state index in [2.05, 4.69) is 36.1 Å². The predicted molar refractivity (Wildman–Crippen MR) is 84.4 cm³/mol. The van der Waals surface area contributed by atoms with Crippen molar-refractivity contribution in [3.05, 3.63) is 10.6 Å². The van der Waals surface area contributed by atoms with Crippen molar-refractivity contribution in [3.8, 4) is 0 Å². The lowest BCUT2D eigenvalue weighted by molar-refractivity contribution is 0.181. The third-order valence-electron chi connectivity index (χ3n) is 3.89. The second-order valence-corrected chi connectivity index (χ2v) is 6.80. The van der Waals surface area contributed by atoms with E-state index in [4.69, 9.17) is 9.72 Å². The van der Waals surface area contributed by atoms with Gasteiger partial charge in [0.2, 0.25) is 0 Å². The summed E-state index contributed by atoms with van der Waals surface area (Å²) in [5, 5.41) is 4.35. The van der Waals surface area contributed by atoms with Crippen LogP contribution in [0.3, 0.4) is 0 Å². The molecule has 0 bridgehead atoms. The van der Waals surface area contributed by atoms with Crippen LogP contribution in [0.2, 0.25) is 0 Å². The van der Waals surface area contributed by atoms with Crippen molar-refractivity contribution >= 4 is 16.5 Å². The van der Waals surface area contributed by atoms with Gasteiger partial charge in [-0.25, -0.2) is 4.98 Å². The highest BCUT2D eigenvalue weighted by atomic mass is 32.1. The van der Waals surface area contributed by atoms with Gasteiger partial charge >= 0.3 is 0 Å². The molecule has 5 nitrogen and oxygen atoms in total. The molecule has 1 aliphatic heterocycles. The third kappa shape index (κ3) is 3.31. The summed E-state index contributed by atoms with van der Waals surface area (Å²) in [6, 6.07) is 0.609. The predicted octanol–water partition coefficient (Wildman–Crippen LogP) is 1.40. The lowest BCUT2D eigenvalue weighted by atomic mass is 10.1. The van der Waals surface area contributed by atoms with Crippen LogP contribution in [0.4, 0.5) is 5.13 Å². The number of rotatable bonds is 6. The Morgan fingerprint density at radius 3 is 2.75 bits per heavy atom. The van der Waals surface area contributed by atoms with Crippen LogP contribution in [0.25, 0.3) is 0 Å². The lowest BCUT2D eigenvalue weighted by Gasteiger charge is -2.22. The van der Waals surface area contributed by atoms with Crippen LogP contribution in [0, 0.1) is 5.92 Å². The summed E-state index contributed by atoms with van der Waals surface area (Å²) < 4.78 is 5.26. The molecular weight excluding hydrogens is 272 g/mol. The second-order valence-electron chi connectivity index (χ2n) is 5.74. The normalized spacial score (nSPS) is 23.0. The molecular formula is C14H26N4OS. The van der Waals surface area contributed by atoms with Crippen molar-refractivity contribution in [2.24, 2.45) is 5.92 Å². The monoisotopic (exact) mass is 298 g/mol. The fourth-order valence-electron chi connectivity index (χ4n) is 2.83. The zero-order chi connectivity index (χ0) is 14.7. The molecule has 0 aliphatic carbocycles. The maximum absolute atomic E-state index is 5.26. The lowest BCUT2D eigenvalue weighted by Crippen LogP contribution is -2.34. The van der Waals surface area contributed by atoms with E-state index >= 15 is 0 Å². The summed E-state index contributed by atoms with van der Waals surface area (Å²) in [6.45, 7) is 5.92. The van der Waals surface area contributed by atoms with Crippen LogP contribution in [-0.4, -0.2) is 57.3 Å². The Hall–Kier alpha value is -0.690. The SMILES string of the molecule is CNCc1sc(N2CC(C)C(N(C)C)C2)nc1COC. The molecule has 114 valence electrons. The molecule has 1 N–H and O–H groups in total. The first-order chi connectivity index (χ1) is 9.56. The number of nitrogens with one attached hydrogen (secondary N) is 1. The minimum Gasteiger partial charge on any atom is -0.378 e. The molecule has 6 heteroatoms. The number of aromatic nitrogens is 1. The number of hydrogen-bond acceptors (Lipinski definition) is 6. The van der Waals surface area contributed by atoms with Gasteiger partial charge in [-0.1, -0.05) is 6.92 Å². The molecule has 1 aromatic rings. The molecule has 1 fully saturated rings. The third-order valence-corrected chi connectivity index (χ3v) is 5.05. The van der Waals surface area contributed by atoms with E-state index in [1.165, 1.54) is 4.88 Å². The molecule has 0 radical (unpaired) electrons. The van der Waals surface area contributed by atoms with Crippen LogP contribution in [0.5, 0.6) is 0 Å². The van der Waals surface area contributed by atoms with Gasteiger partial charge in [-0.05, 0) is 27.1 Å². The highest BCUT2D eigenvalue weighted by Gasteiger charge is 2.32. The van der Waals surface area contributed by atoms with Crippen molar-refractivity contribution in [1.29, 1.82) is 0 Å². The smallest absolute Gasteiger partial charge is 0.185 e. The molecule has 2 rings (SSSR count). The van der Waals surface area contributed by atoms with Crippen LogP contribution >= 0.6 is 11.3 Å². The quantitative estimate of drug-likeness (QED) is 0.859. The van der Waals surface area contributed by atoms with E-state index in [0.717, 1.165) is 30.5 Å².